The van der Waals surface area contributed by atoms with E-state index in [9.17, 15) is 9.59 Å². The smallest absolute Gasteiger partial charge is 0.307 e. The first kappa shape index (κ1) is 10.7. The lowest BCUT2D eigenvalue weighted by Gasteiger charge is -2.31. The molecule has 4 nitrogen and oxygen atoms in total. The predicted octanol–water partition coefficient (Wildman–Crippen LogP) is 1.74. The molecule has 1 fully saturated rings. The second-order valence-electron chi connectivity index (χ2n) is 3.98. The average Bonchev–Trinajstić information content (AvgIpc) is 2.16. The Labute approximate surface area is 93.3 Å². The topological polar surface area (TPSA) is 66.4 Å². The van der Waals surface area contributed by atoms with E-state index in [1.165, 1.54) is 0 Å². The van der Waals surface area contributed by atoms with E-state index in [4.69, 9.17) is 5.11 Å². The molecule has 2 unspecified atom stereocenters. The summed E-state index contributed by atoms with van der Waals surface area (Å²) in [6, 6.07) is 9.08. The number of anilines is 1. The number of benzene rings is 1. The Balaban J connectivity index is 1.97. The quantitative estimate of drug-likeness (QED) is 0.813. The SMILES string of the molecule is O=C(O)C1CCC1C(=O)Nc1ccccc1. The molecule has 1 aromatic carbocycles. The van der Waals surface area contributed by atoms with Crippen molar-refractivity contribution in [1.82, 2.24) is 0 Å². The highest BCUT2D eigenvalue weighted by atomic mass is 16.4. The second kappa shape index (κ2) is 4.35. The van der Waals surface area contributed by atoms with Gasteiger partial charge in [0.15, 0.2) is 0 Å². The Hall–Kier alpha value is -1.84. The number of para-hydroxylation sites is 1. The molecule has 0 bridgehead atoms. The van der Waals surface area contributed by atoms with Crippen LogP contribution < -0.4 is 5.32 Å². The van der Waals surface area contributed by atoms with Crippen LogP contribution in [0.3, 0.4) is 0 Å². The molecule has 2 atom stereocenters. The van der Waals surface area contributed by atoms with Crippen molar-refractivity contribution >= 4 is 17.6 Å². The van der Waals surface area contributed by atoms with Gasteiger partial charge in [0.05, 0.1) is 11.8 Å². The zero-order valence-electron chi connectivity index (χ0n) is 8.72. The molecule has 4 heteroatoms. The number of carboxylic acid groups (broad SMARTS) is 1. The van der Waals surface area contributed by atoms with Gasteiger partial charge in [0, 0.05) is 5.69 Å². The number of rotatable bonds is 3. The van der Waals surface area contributed by atoms with Crippen LogP contribution >= 0.6 is 0 Å². The molecule has 0 radical (unpaired) electrons. The van der Waals surface area contributed by atoms with Crippen LogP contribution in [0.25, 0.3) is 0 Å². The summed E-state index contributed by atoms with van der Waals surface area (Å²) < 4.78 is 0. The first-order chi connectivity index (χ1) is 7.68. The molecule has 0 spiro atoms. The summed E-state index contributed by atoms with van der Waals surface area (Å²) in [5.74, 6) is -1.95. The molecule has 0 heterocycles. The van der Waals surface area contributed by atoms with Gasteiger partial charge in [-0.15, -0.1) is 0 Å². The summed E-state index contributed by atoms with van der Waals surface area (Å²) in [5.41, 5.74) is 0.712. The normalized spacial score (nSPS) is 23.2. The minimum Gasteiger partial charge on any atom is -0.481 e. The molecular weight excluding hydrogens is 206 g/mol. The Kier molecular flexibility index (Phi) is 2.90. The summed E-state index contributed by atoms with van der Waals surface area (Å²) >= 11 is 0. The fourth-order valence-electron chi connectivity index (χ4n) is 1.87. The number of carbonyl (C=O) groups is 2. The van der Waals surface area contributed by atoms with Gasteiger partial charge in [-0.05, 0) is 25.0 Å². The van der Waals surface area contributed by atoms with E-state index >= 15 is 0 Å². The minimum atomic E-state index is -0.875. The Morgan fingerprint density at radius 3 is 2.25 bits per heavy atom. The molecule has 2 rings (SSSR count). The first-order valence-electron chi connectivity index (χ1n) is 5.27. The molecule has 2 N–H and O–H groups in total. The Morgan fingerprint density at radius 1 is 1.12 bits per heavy atom. The largest absolute Gasteiger partial charge is 0.481 e. The van der Waals surface area contributed by atoms with Gasteiger partial charge in [0.25, 0.3) is 0 Å². The highest BCUT2D eigenvalue weighted by molar-refractivity contribution is 5.96. The van der Waals surface area contributed by atoms with Gasteiger partial charge in [-0.25, -0.2) is 0 Å². The zero-order chi connectivity index (χ0) is 11.5. The molecule has 0 saturated heterocycles. The van der Waals surface area contributed by atoms with E-state index in [1.54, 1.807) is 12.1 Å². The van der Waals surface area contributed by atoms with Crippen molar-refractivity contribution in [3.63, 3.8) is 0 Å². The third-order valence-corrected chi connectivity index (χ3v) is 2.97. The van der Waals surface area contributed by atoms with Crippen molar-refractivity contribution in [1.29, 1.82) is 0 Å². The van der Waals surface area contributed by atoms with Gasteiger partial charge >= 0.3 is 5.97 Å². The van der Waals surface area contributed by atoms with Gasteiger partial charge < -0.3 is 10.4 Å². The third-order valence-electron chi connectivity index (χ3n) is 2.97. The van der Waals surface area contributed by atoms with Crippen LogP contribution in [0.15, 0.2) is 30.3 Å². The summed E-state index contributed by atoms with van der Waals surface area (Å²) in [5, 5.41) is 11.6. The van der Waals surface area contributed by atoms with E-state index in [0.29, 0.717) is 18.5 Å². The Bertz CT molecular complexity index is 402. The minimum absolute atomic E-state index is 0.190. The number of carbonyl (C=O) groups excluding carboxylic acids is 1. The van der Waals surface area contributed by atoms with Crippen LogP contribution in [-0.2, 0) is 9.59 Å². The lowest BCUT2D eigenvalue weighted by Crippen LogP contribution is -2.41. The van der Waals surface area contributed by atoms with E-state index in [-0.39, 0.29) is 11.8 Å². The van der Waals surface area contributed by atoms with Crippen LogP contribution in [0, 0.1) is 11.8 Å². The average molecular weight is 219 g/mol. The monoisotopic (exact) mass is 219 g/mol. The Morgan fingerprint density at radius 2 is 1.75 bits per heavy atom. The number of hydrogen-bond acceptors (Lipinski definition) is 2. The number of nitrogens with one attached hydrogen (secondary N) is 1. The first-order valence-corrected chi connectivity index (χ1v) is 5.27. The van der Waals surface area contributed by atoms with Crippen LogP contribution in [0.1, 0.15) is 12.8 Å². The maximum absolute atomic E-state index is 11.7. The number of amides is 1. The molecule has 1 saturated carbocycles. The predicted molar refractivity (Wildman–Crippen MR) is 58.9 cm³/mol. The maximum Gasteiger partial charge on any atom is 0.307 e. The fourth-order valence-corrected chi connectivity index (χ4v) is 1.87. The molecule has 1 aromatic rings. The van der Waals surface area contributed by atoms with Gasteiger partial charge in [0.1, 0.15) is 0 Å². The second-order valence-corrected chi connectivity index (χ2v) is 3.98. The zero-order valence-corrected chi connectivity index (χ0v) is 8.72. The van der Waals surface area contributed by atoms with Crippen molar-refractivity contribution in [3.05, 3.63) is 30.3 Å². The van der Waals surface area contributed by atoms with E-state index in [1.807, 2.05) is 18.2 Å². The molecule has 1 aliphatic rings. The summed E-state index contributed by atoms with van der Waals surface area (Å²) in [6.45, 7) is 0. The molecule has 0 aliphatic heterocycles. The van der Waals surface area contributed by atoms with Gasteiger partial charge in [0.2, 0.25) is 5.91 Å². The lowest BCUT2D eigenvalue weighted by atomic mass is 9.73. The summed E-state index contributed by atoms with van der Waals surface area (Å²) in [4.78, 5) is 22.5. The standard InChI is InChI=1S/C12H13NO3/c14-11(9-6-7-10(9)12(15)16)13-8-4-2-1-3-5-8/h1-5,9-10H,6-7H2,(H,13,14)(H,15,16). The molecule has 16 heavy (non-hydrogen) atoms. The van der Waals surface area contributed by atoms with Gasteiger partial charge in [-0.2, -0.15) is 0 Å². The molecule has 84 valence electrons. The van der Waals surface area contributed by atoms with E-state index in [0.717, 1.165) is 0 Å². The van der Waals surface area contributed by atoms with E-state index < -0.39 is 11.9 Å². The van der Waals surface area contributed by atoms with Crippen molar-refractivity contribution in [2.24, 2.45) is 11.8 Å². The summed E-state index contributed by atoms with van der Waals surface area (Å²) in [7, 11) is 0. The van der Waals surface area contributed by atoms with Gasteiger partial charge in [-0.3, -0.25) is 9.59 Å². The number of hydrogen-bond donors (Lipinski definition) is 2. The summed E-state index contributed by atoms with van der Waals surface area (Å²) in [6.07, 6.45) is 1.26. The highest BCUT2D eigenvalue weighted by Gasteiger charge is 2.41. The lowest BCUT2D eigenvalue weighted by molar-refractivity contribution is -0.151. The van der Waals surface area contributed by atoms with Crippen molar-refractivity contribution in [3.8, 4) is 0 Å². The van der Waals surface area contributed by atoms with Crippen molar-refractivity contribution < 1.29 is 14.7 Å². The van der Waals surface area contributed by atoms with Crippen LogP contribution in [-0.4, -0.2) is 17.0 Å². The number of aliphatic carboxylic acids is 1. The van der Waals surface area contributed by atoms with Crippen LogP contribution in [0.5, 0.6) is 0 Å². The third kappa shape index (κ3) is 2.05. The maximum atomic E-state index is 11.7. The fraction of sp³-hybridized carbons (Fsp3) is 0.333. The van der Waals surface area contributed by atoms with Crippen molar-refractivity contribution in [2.45, 2.75) is 12.8 Å². The molecular formula is C12H13NO3. The van der Waals surface area contributed by atoms with Crippen LogP contribution in [0.2, 0.25) is 0 Å². The van der Waals surface area contributed by atoms with Crippen molar-refractivity contribution in [2.75, 3.05) is 5.32 Å². The molecule has 1 amide bonds. The highest BCUT2D eigenvalue weighted by Crippen LogP contribution is 2.35. The van der Waals surface area contributed by atoms with E-state index in [2.05, 4.69) is 5.32 Å². The van der Waals surface area contributed by atoms with Gasteiger partial charge in [-0.1, -0.05) is 18.2 Å². The molecule has 0 aromatic heterocycles. The molecule has 1 aliphatic carbocycles. The number of carboxylic acids is 1. The van der Waals surface area contributed by atoms with Crippen LogP contribution in [0.4, 0.5) is 5.69 Å².